The minimum Gasteiger partial charge on any atom is -0.465 e. The quantitative estimate of drug-likeness (QED) is 0.842. The predicted octanol–water partition coefficient (Wildman–Crippen LogP) is 3.47. The number of rotatable bonds is 3. The van der Waals surface area contributed by atoms with Gasteiger partial charge in [-0.2, -0.15) is 0 Å². The minimum absolute atomic E-state index is 0.0455. The normalized spacial score (nSPS) is 22.7. The number of carbonyl (C=O) groups excluding carboxylic acids is 1. The monoisotopic (exact) mass is 388 g/mol. The first-order valence-electron chi connectivity index (χ1n) is 8.55. The zero-order valence-corrected chi connectivity index (χ0v) is 15.4. The van der Waals surface area contributed by atoms with Crippen molar-refractivity contribution >= 4 is 29.2 Å². The van der Waals surface area contributed by atoms with Crippen LogP contribution in [0.25, 0.3) is 0 Å². The highest BCUT2D eigenvalue weighted by Crippen LogP contribution is 2.62. The third-order valence-electron chi connectivity index (χ3n) is 5.44. The third-order valence-corrected chi connectivity index (χ3v) is 5.74. The number of aromatic nitrogens is 1. The summed E-state index contributed by atoms with van der Waals surface area (Å²) in [6.45, 7) is 2.26. The maximum atomic E-state index is 14.7. The lowest BCUT2D eigenvalue weighted by Crippen LogP contribution is -2.43. The second-order valence-electron chi connectivity index (χ2n) is 7.07. The number of benzene rings is 1. The van der Waals surface area contributed by atoms with E-state index in [4.69, 9.17) is 22.1 Å². The molecule has 4 rings (SSSR count). The topological polar surface area (TPSA) is 89.6 Å². The summed E-state index contributed by atoms with van der Waals surface area (Å²) in [7, 11) is 0. The number of ether oxygens (including phenoxy) is 1. The number of halogens is 2. The van der Waals surface area contributed by atoms with Crippen molar-refractivity contribution in [2.24, 2.45) is 16.1 Å². The van der Waals surface area contributed by atoms with Gasteiger partial charge in [-0.25, -0.2) is 14.4 Å². The molecule has 1 unspecified atom stereocenters. The molecule has 0 radical (unpaired) electrons. The molecule has 1 spiro atoms. The lowest BCUT2D eigenvalue weighted by molar-refractivity contribution is 0.102. The van der Waals surface area contributed by atoms with Crippen LogP contribution in [-0.2, 0) is 10.3 Å². The molecule has 6 nitrogen and oxygen atoms in total. The third kappa shape index (κ3) is 2.92. The Bertz CT molecular complexity index is 960. The smallest absolute Gasteiger partial charge is 0.282 e. The highest BCUT2D eigenvalue weighted by molar-refractivity contribution is 6.34. The van der Waals surface area contributed by atoms with E-state index in [-0.39, 0.29) is 22.2 Å². The number of nitrogens with two attached hydrogens (primary N) is 1. The number of hydrogen-bond acceptors (Lipinski definition) is 5. The van der Waals surface area contributed by atoms with Gasteiger partial charge in [-0.05, 0) is 50.1 Å². The average Bonchev–Trinajstić information content (AvgIpc) is 3.42. The summed E-state index contributed by atoms with van der Waals surface area (Å²) in [4.78, 5) is 20.9. The number of hydrogen-bond donors (Lipinski definition) is 2. The molecular weight excluding hydrogens is 371 g/mol. The number of nitrogens with zero attached hydrogens (tertiary/aromatic N) is 2. The van der Waals surface area contributed by atoms with Crippen LogP contribution in [0, 0.1) is 11.2 Å². The van der Waals surface area contributed by atoms with Gasteiger partial charge in [0.2, 0.25) is 0 Å². The Labute approximate surface area is 160 Å². The summed E-state index contributed by atoms with van der Waals surface area (Å²) < 4.78 is 20.1. The van der Waals surface area contributed by atoms with Crippen LogP contribution in [0.5, 0.6) is 0 Å². The van der Waals surface area contributed by atoms with Crippen molar-refractivity contribution < 1.29 is 13.9 Å². The first kappa shape index (κ1) is 17.7. The highest BCUT2D eigenvalue weighted by atomic mass is 35.5. The van der Waals surface area contributed by atoms with Crippen LogP contribution >= 0.6 is 11.6 Å². The molecule has 2 heterocycles. The fourth-order valence-corrected chi connectivity index (χ4v) is 3.78. The van der Waals surface area contributed by atoms with Gasteiger partial charge in [0, 0.05) is 22.9 Å². The fraction of sp³-hybridized carbons (Fsp3) is 0.316. The molecule has 1 atom stereocenters. The number of amides is 1. The molecule has 8 heteroatoms. The lowest BCUT2D eigenvalue weighted by Gasteiger charge is -2.38. The Balaban J connectivity index is 1.69. The summed E-state index contributed by atoms with van der Waals surface area (Å²) >= 11 is 6.02. The molecule has 1 fully saturated rings. The molecule has 1 aromatic heterocycles. The highest BCUT2D eigenvalue weighted by Gasteiger charge is 2.61. The van der Waals surface area contributed by atoms with E-state index in [0.717, 1.165) is 12.8 Å². The molecule has 0 bridgehead atoms. The van der Waals surface area contributed by atoms with E-state index in [0.29, 0.717) is 17.9 Å². The summed E-state index contributed by atoms with van der Waals surface area (Å²) in [5, 5.41) is 2.96. The molecular formula is C19H18ClFN4O2. The van der Waals surface area contributed by atoms with E-state index >= 15 is 0 Å². The SMILES string of the molecule is CC1(c2cc(NC(=O)c3ncccc3Cl)ccc2F)N=C(N)OCC12CC2. The molecule has 140 valence electrons. The first-order valence-corrected chi connectivity index (χ1v) is 8.92. The number of anilines is 1. The van der Waals surface area contributed by atoms with Crippen molar-refractivity contribution in [1.82, 2.24) is 4.98 Å². The summed E-state index contributed by atoms with van der Waals surface area (Å²) in [5.41, 5.74) is 5.54. The van der Waals surface area contributed by atoms with E-state index in [1.807, 2.05) is 6.92 Å². The van der Waals surface area contributed by atoms with Gasteiger partial charge < -0.3 is 15.8 Å². The van der Waals surface area contributed by atoms with Gasteiger partial charge >= 0.3 is 0 Å². The number of aliphatic imine (C=N–C) groups is 1. The molecule has 2 aromatic rings. The molecule has 1 aliphatic heterocycles. The molecule has 1 amide bonds. The molecule has 27 heavy (non-hydrogen) atoms. The van der Waals surface area contributed by atoms with E-state index in [1.165, 1.54) is 18.3 Å². The molecule has 1 aliphatic carbocycles. The van der Waals surface area contributed by atoms with Crippen molar-refractivity contribution in [1.29, 1.82) is 0 Å². The van der Waals surface area contributed by atoms with Gasteiger partial charge in [-0.15, -0.1) is 0 Å². The van der Waals surface area contributed by atoms with Gasteiger partial charge in [-0.1, -0.05) is 11.6 Å². The minimum atomic E-state index is -0.858. The zero-order valence-electron chi connectivity index (χ0n) is 14.6. The van der Waals surface area contributed by atoms with Crippen LogP contribution in [0.4, 0.5) is 10.1 Å². The van der Waals surface area contributed by atoms with Crippen molar-refractivity contribution in [3.63, 3.8) is 0 Å². The Morgan fingerprint density at radius 3 is 2.85 bits per heavy atom. The van der Waals surface area contributed by atoms with Crippen LogP contribution in [0.15, 0.2) is 41.5 Å². The van der Waals surface area contributed by atoms with Gasteiger partial charge in [-0.3, -0.25) is 4.79 Å². The molecule has 1 saturated carbocycles. The number of amidine groups is 1. The molecule has 3 N–H and O–H groups in total. The first-order chi connectivity index (χ1) is 12.8. The maximum Gasteiger partial charge on any atom is 0.282 e. The standard InChI is InChI=1S/C19H18ClFN4O2/c1-18(19(6-7-19)10-27-17(22)25-18)12-9-11(4-5-14(12)21)24-16(26)15-13(20)3-2-8-23-15/h2-5,8-9H,6-7,10H2,1H3,(H2,22,25)(H,24,26). The summed E-state index contributed by atoms with van der Waals surface area (Å²) in [6.07, 6.45) is 3.23. The summed E-state index contributed by atoms with van der Waals surface area (Å²) in [6, 6.07) is 7.65. The van der Waals surface area contributed by atoms with Crippen molar-refractivity contribution in [3.05, 3.63) is 58.6 Å². The Morgan fingerprint density at radius 1 is 1.37 bits per heavy atom. The van der Waals surface area contributed by atoms with Gasteiger partial charge in [0.25, 0.3) is 11.9 Å². The van der Waals surface area contributed by atoms with E-state index in [1.54, 1.807) is 18.2 Å². The largest absolute Gasteiger partial charge is 0.465 e. The van der Waals surface area contributed by atoms with Crippen molar-refractivity contribution in [2.45, 2.75) is 25.3 Å². The number of pyridine rings is 1. The van der Waals surface area contributed by atoms with Crippen LogP contribution < -0.4 is 11.1 Å². The zero-order chi connectivity index (χ0) is 19.2. The number of nitrogens with one attached hydrogen (secondary N) is 1. The Morgan fingerprint density at radius 2 is 2.15 bits per heavy atom. The predicted molar refractivity (Wildman–Crippen MR) is 100 cm³/mol. The summed E-state index contributed by atoms with van der Waals surface area (Å²) in [5.74, 6) is -0.879. The van der Waals surface area contributed by atoms with Crippen molar-refractivity contribution in [2.75, 3.05) is 11.9 Å². The average molecular weight is 389 g/mol. The second kappa shape index (κ2) is 6.20. The second-order valence-corrected chi connectivity index (χ2v) is 7.48. The lowest BCUT2D eigenvalue weighted by atomic mass is 9.76. The Kier molecular flexibility index (Phi) is 4.07. The molecule has 1 aromatic carbocycles. The van der Waals surface area contributed by atoms with E-state index in [9.17, 15) is 9.18 Å². The van der Waals surface area contributed by atoms with Gasteiger partial charge in [0.15, 0.2) is 0 Å². The van der Waals surface area contributed by atoms with Crippen LogP contribution in [0.2, 0.25) is 5.02 Å². The maximum absolute atomic E-state index is 14.7. The fourth-order valence-electron chi connectivity index (χ4n) is 3.57. The molecule has 2 aliphatic rings. The van der Waals surface area contributed by atoms with Crippen LogP contribution in [0.1, 0.15) is 35.8 Å². The Hall–Kier alpha value is -2.67. The van der Waals surface area contributed by atoms with Gasteiger partial charge in [0.05, 0.1) is 11.6 Å². The van der Waals surface area contributed by atoms with Crippen LogP contribution in [0.3, 0.4) is 0 Å². The van der Waals surface area contributed by atoms with E-state index in [2.05, 4.69) is 15.3 Å². The number of carbonyl (C=O) groups is 1. The van der Waals surface area contributed by atoms with E-state index < -0.39 is 17.3 Å². The van der Waals surface area contributed by atoms with Gasteiger partial charge in [0.1, 0.15) is 17.1 Å². The van der Waals surface area contributed by atoms with Crippen molar-refractivity contribution in [3.8, 4) is 0 Å². The van der Waals surface area contributed by atoms with Crippen LogP contribution in [-0.4, -0.2) is 23.5 Å². The molecule has 0 saturated heterocycles.